The largest absolute Gasteiger partial charge is 0.476 e. The molecule has 0 unspecified atom stereocenters. The lowest BCUT2D eigenvalue weighted by Crippen LogP contribution is -2.15. The summed E-state index contributed by atoms with van der Waals surface area (Å²) in [5.74, 6) is -0.409. The van der Waals surface area contributed by atoms with Gasteiger partial charge in [0.25, 0.3) is 0 Å². The van der Waals surface area contributed by atoms with Crippen molar-refractivity contribution >= 4 is 5.97 Å². The second-order valence-electron chi connectivity index (χ2n) is 4.77. The van der Waals surface area contributed by atoms with Gasteiger partial charge < -0.3 is 9.84 Å². The number of carboxylic acids is 1. The van der Waals surface area contributed by atoms with Gasteiger partial charge in [0.2, 0.25) is 0 Å². The van der Waals surface area contributed by atoms with Crippen molar-refractivity contribution in [1.29, 1.82) is 0 Å². The van der Waals surface area contributed by atoms with E-state index in [0.29, 0.717) is 24.6 Å². The maximum Gasteiger partial charge on any atom is 0.358 e. The second kappa shape index (κ2) is 5.95. The third kappa shape index (κ3) is 2.87. The molecule has 1 aliphatic carbocycles. The fourth-order valence-electron chi connectivity index (χ4n) is 2.53. The van der Waals surface area contributed by atoms with Crippen molar-refractivity contribution in [1.82, 2.24) is 15.0 Å². The summed E-state index contributed by atoms with van der Waals surface area (Å²) < 4.78 is 6.76. The van der Waals surface area contributed by atoms with Crippen LogP contribution in [-0.2, 0) is 17.7 Å². The van der Waals surface area contributed by atoms with E-state index in [0.717, 1.165) is 6.54 Å². The molecule has 0 spiro atoms. The van der Waals surface area contributed by atoms with Gasteiger partial charge >= 0.3 is 5.97 Å². The average Bonchev–Trinajstić information content (AvgIpc) is 2.96. The zero-order valence-electron chi connectivity index (χ0n) is 10.6. The van der Waals surface area contributed by atoms with E-state index in [1.54, 1.807) is 11.8 Å². The van der Waals surface area contributed by atoms with Crippen LogP contribution in [0.4, 0.5) is 0 Å². The number of rotatable bonds is 6. The molecular formula is C12H19N3O3. The molecule has 1 fully saturated rings. The Kier molecular flexibility index (Phi) is 4.30. The maximum atomic E-state index is 11.1. The molecule has 18 heavy (non-hydrogen) atoms. The summed E-state index contributed by atoms with van der Waals surface area (Å²) in [6, 6.07) is 0. The highest BCUT2D eigenvalue weighted by atomic mass is 16.5. The Morgan fingerprint density at radius 1 is 1.50 bits per heavy atom. The molecule has 0 amide bonds. The standard InChI is InChI=1S/C12H19N3O3/c1-18-7-6-10-11(12(16)17)13-14-15(10)8-9-4-2-3-5-9/h9H,2-8H2,1H3,(H,16,17). The van der Waals surface area contributed by atoms with E-state index in [1.807, 2.05) is 0 Å². The Morgan fingerprint density at radius 3 is 2.83 bits per heavy atom. The van der Waals surface area contributed by atoms with Gasteiger partial charge in [0.05, 0.1) is 12.3 Å². The molecule has 0 bridgehead atoms. The van der Waals surface area contributed by atoms with Gasteiger partial charge in [-0.3, -0.25) is 0 Å². The van der Waals surface area contributed by atoms with Crippen molar-refractivity contribution in [2.24, 2.45) is 5.92 Å². The van der Waals surface area contributed by atoms with E-state index >= 15 is 0 Å². The predicted octanol–water partition coefficient (Wildman–Crippen LogP) is 1.36. The molecule has 1 N–H and O–H groups in total. The van der Waals surface area contributed by atoms with Crippen LogP contribution in [0.15, 0.2) is 0 Å². The number of carboxylic acid groups (broad SMARTS) is 1. The highest BCUT2D eigenvalue weighted by Crippen LogP contribution is 2.26. The monoisotopic (exact) mass is 253 g/mol. The Bertz CT molecular complexity index is 411. The lowest BCUT2D eigenvalue weighted by atomic mass is 10.1. The molecule has 2 rings (SSSR count). The summed E-state index contributed by atoms with van der Waals surface area (Å²) in [4.78, 5) is 11.1. The van der Waals surface area contributed by atoms with Gasteiger partial charge in [0.1, 0.15) is 0 Å². The molecule has 1 aromatic heterocycles. The third-order valence-corrected chi connectivity index (χ3v) is 3.49. The van der Waals surface area contributed by atoms with E-state index < -0.39 is 5.97 Å². The van der Waals surface area contributed by atoms with E-state index in [2.05, 4.69) is 10.3 Å². The van der Waals surface area contributed by atoms with Gasteiger partial charge in [-0.15, -0.1) is 5.10 Å². The van der Waals surface area contributed by atoms with E-state index in [1.165, 1.54) is 25.7 Å². The molecule has 1 saturated carbocycles. The van der Waals surface area contributed by atoms with Crippen molar-refractivity contribution in [3.8, 4) is 0 Å². The molecule has 1 heterocycles. The summed E-state index contributed by atoms with van der Waals surface area (Å²) in [7, 11) is 1.60. The normalized spacial score (nSPS) is 16.3. The van der Waals surface area contributed by atoms with Crippen LogP contribution in [0.2, 0.25) is 0 Å². The molecule has 0 aromatic carbocycles. The molecule has 6 nitrogen and oxygen atoms in total. The number of carbonyl (C=O) groups is 1. The van der Waals surface area contributed by atoms with Gasteiger partial charge in [-0.25, -0.2) is 9.48 Å². The van der Waals surface area contributed by atoms with Crippen molar-refractivity contribution in [3.05, 3.63) is 11.4 Å². The first-order chi connectivity index (χ1) is 8.72. The number of methoxy groups -OCH3 is 1. The van der Waals surface area contributed by atoms with Crippen LogP contribution in [0, 0.1) is 5.92 Å². The first-order valence-electron chi connectivity index (χ1n) is 6.37. The number of aromatic carboxylic acids is 1. The lowest BCUT2D eigenvalue weighted by molar-refractivity contribution is 0.0688. The summed E-state index contributed by atoms with van der Waals surface area (Å²) >= 11 is 0. The Hall–Kier alpha value is -1.43. The topological polar surface area (TPSA) is 77.2 Å². The van der Waals surface area contributed by atoms with Crippen molar-refractivity contribution in [3.63, 3.8) is 0 Å². The second-order valence-corrected chi connectivity index (χ2v) is 4.77. The lowest BCUT2D eigenvalue weighted by Gasteiger charge is -2.11. The Morgan fingerprint density at radius 2 is 2.22 bits per heavy atom. The van der Waals surface area contributed by atoms with Crippen molar-refractivity contribution < 1.29 is 14.6 Å². The minimum Gasteiger partial charge on any atom is -0.476 e. The van der Waals surface area contributed by atoms with E-state index in [-0.39, 0.29) is 5.69 Å². The maximum absolute atomic E-state index is 11.1. The quantitative estimate of drug-likeness (QED) is 0.828. The molecule has 0 atom stereocenters. The fourth-order valence-corrected chi connectivity index (χ4v) is 2.53. The minimum atomic E-state index is -1.02. The fraction of sp³-hybridized carbons (Fsp3) is 0.750. The van der Waals surface area contributed by atoms with Gasteiger partial charge in [-0.1, -0.05) is 18.1 Å². The molecule has 0 saturated heterocycles. The molecular weight excluding hydrogens is 234 g/mol. The molecule has 1 aromatic rings. The number of aromatic nitrogens is 3. The van der Waals surface area contributed by atoms with Gasteiger partial charge in [-0.2, -0.15) is 0 Å². The zero-order valence-corrected chi connectivity index (χ0v) is 10.6. The SMILES string of the molecule is COCCc1c(C(=O)O)nnn1CC1CCCC1. The van der Waals surface area contributed by atoms with Crippen molar-refractivity contribution in [2.45, 2.75) is 38.6 Å². The first kappa shape index (κ1) is 13.0. The number of hydrogen-bond acceptors (Lipinski definition) is 4. The van der Waals surface area contributed by atoms with E-state index in [4.69, 9.17) is 9.84 Å². The van der Waals surface area contributed by atoms with Gasteiger partial charge in [0.15, 0.2) is 5.69 Å². The van der Waals surface area contributed by atoms with Crippen LogP contribution in [-0.4, -0.2) is 39.8 Å². The zero-order chi connectivity index (χ0) is 13.0. The number of nitrogens with zero attached hydrogens (tertiary/aromatic N) is 3. The first-order valence-corrected chi connectivity index (χ1v) is 6.37. The molecule has 0 aliphatic heterocycles. The highest BCUT2D eigenvalue weighted by molar-refractivity contribution is 5.86. The smallest absolute Gasteiger partial charge is 0.358 e. The van der Waals surface area contributed by atoms with Crippen molar-refractivity contribution in [2.75, 3.05) is 13.7 Å². The summed E-state index contributed by atoms with van der Waals surface area (Å²) in [5, 5.41) is 16.8. The van der Waals surface area contributed by atoms with Crippen LogP contribution in [0.3, 0.4) is 0 Å². The molecule has 6 heteroatoms. The summed E-state index contributed by atoms with van der Waals surface area (Å²) in [6.07, 6.45) is 5.47. The number of ether oxygens (including phenoxy) is 1. The van der Waals surface area contributed by atoms with Crippen LogP contribution < -0.4 is 0 Å². The molecule has 100 valence electrons. The average molecular weight is 253 g/mol. The Balaban J connectivity index is 2.14. The minimum absolute atomic E-state index is 0.0602. The number of hydrogen-bond donors (Lipinski definition) is 1. The van der Waals surface area contributed by atoms with Crippen LogP contribution in [0.5, 0.6) is 0 Å². The molecule has 0 radical (unpaired) electrons. The van der Waals surface area contributed by atoms with Gasteiger partial charge in [0, 0.05) is 20.1 Å². The summed E-state index contributed by atoms with van der Waals surface area (Å²) in [5.41, 5.74) is 0.737. The highest BCUT2D eigenvalue weighted by Gasteiger charge is 2.22. The molecule has 1 aliphatic rings. The third-order valence-electron chi connectivity index (χ3n) is 3.49. The Labute approximate surface area is 106 Å². The van der Waals surface area contributed by atoms with E-state index in [9.17, 15) is 4.79 Å². The van der Waals surface area contributed by atoms with Gasteiger partial charge in [-0.05, 0) is 18.8 Å². The van der Waals surface area contributed by atoms with Crippen LogP contribution in [0.25, 0.3) is 0 Å². The van der Waals surface area contributed by atoms with Crippen LogP contribution >= 0.6 is 0 Å². The summed E-state index contributed by atoms with van der Waals surface area (Å²) in [6.45, 7) is 1.26. The van der Waals surface area contributed by atoms with Crippen LogP contribution in [0.1, 0.15) is 41.9 Å². The predicted molar refractivity (Wildman–Crippen MR) is 64.5 cm³/mol.